The second-order valence-electron chi connectivity index (χ2n) is 3.51. The molecule has 1 fully saturated rings. The Hall–Kier alpha value is -0.340. The molecule has 2 heteroatoms. The molecule has 2 nitrogen and oxygen atoms in total. The fraction of sp³-hybridized carbons (Fsp3) is 0.778. The van der Waals surface area contributed by atoms with Crippen LogP contribution in [0.1, 0.15) is 20.3 Å². The number of hydrogen-bond acceptors (Lipinski definition) is 2. The van der Waals surface area contributed by atoms with E-state index in [9.17, 15) is 5.11 Å². The van der Waals surface area contributed by atoms with Crippen molar-refractivity contribution < 1.29 is 9.84 Å². The molecule has 2 rings (SSSR count). The minimum atomic E-state index is -0.343. The third-order valence-electron chi connectivity index (χ3n) is 2.97. The van der Waals surface area contributed by atoms with Gasteiger partial charge < -0.3 is 9.84 Å². The number of fused-ring (bicyclic) bond motifs is 2. The van der Waals surface area contributed by atoms with E-state index in [-0.39, 0.29) is 23.7 Å². The molecule has 0 aromatic heterocycles. The number of ether oxygens (including phenoxy) is 1. The molecule has 11 heavy (non-hydrogen) atoms. The summed E-state index contributed by atoms with van der Waals surface area (Å²) < 4.78 is 5.67. The van der Waals surface area contributed by atoms with Gasteiger partial charge in [0.2, 0.25) is 0 Å². The van der Waals surface area contributed by atoms with Crippen molar-refractivity contribution in [2.75, 3.05) is 0 Å². The SMILES string of the molecule is CC[C@]12C=C[C@H]([C@H](C)O1)[C@H]2O. The molecule has 2 aliphatic rings. The first kappa shape index (κ1) is 7.32. The van der Waals surface area contributed by atoms with Crippen LogP contribution in [-0.4, -0.2) is 22.9 Å². The molecule has 4 atom stereocenters. The molecular formula is C9H14O2. The summed E-state index contributed by atoms with van der Waals surface area (Å²) in [5.74, 6) is 0.231. The number of hydrogen-bond donors (Lipinski definition) is 1. The second-order valence-corrected chi connectivity index (χ2v) is 3.51. The lowest BCUT2D eigenvalue weighted by Gasteiger charge is -2.25. The minimum Gasteiger partial charge on any atom is -0.389 e. The number of rotatable bonds is 1. The van der Waals surface area contributed by atoms with E-state index in [1.807, 2.05) is 19.9 Å². The van der Waals surface area contributed by atoms with Gasteiger partial charge in [-0.2, -0.15) is 0 Å². The number of aliphatic hydroxyl groups is 1. The van der Waals surface area contributed by atoms with Crippen LogP contribution >= 0.6 is 0 Å². The van der Waals surface area contributed by atoms with Crippen molar-refractivity contribution in [3.05, 3.63) is 12.2 Å². The van der Waals surface area contributed by atoms with Crippen LogP contribution in [-0.2, 0) is 4.74 Å². The van der Waals surface area contributed by atoms with E-state index >= 15 is 0 Å². The van der Waals surface area contributed by atoms with Crippen molar-refractivity contribution in [1.82, 2.24) is 0 Å². The topological polar surface area (TPSA) is 29.5 Å². The third kappa shape index (κ3) is 0.741. The molecule has 0 aromatic carbocycles. The molecule has 1 saturated heterocycles. The predicted molar refractivity (Wildman–Crippen MR) is 42.2 cm³/mol. The molecule has 1 aliphatic carbocycles. The summed E-state index contributed by atoms with van der Waals surface area (Å²) in [6.45, 7) is 4.07. The van der Waals surface area contributed by atoms with Crippen LogP contribution in [0.5, 0.6) is 0 Å². The van der Waals surface area contributed by atoms with Crippen molar-refractivity contribution in [3.8, 4) is 0 Å². The molecule has 0 saturated carbocycles. The van der Waals surface area contributed by atoms with E-state index in [1.165, 1.54) is 0 Å². The first-order valence-corrected chi connectivity index (χ1v) is 4.25. The van der Waals surface area contributed by atoms with E-state index < -0.39 is 0 Å². The first-order chi connectivity index (χ1) is 5.19. The summed E-state index contributed by atoms with van der Waals surface area (Å²) in [6, 6.07) is 0. The zero-order valence-corrected chi connectivity index (χ0v) is 6.95. The van der Waals surface area contributed by atoms with Gasteiger partial charge in [0.05, 0.1) is 12.2 Å². The van der Waals surface area contributed by atoms with E-state index in [4.69, 9.17) is 4.74 Å². The van der Waals surface area contributed by atoms with Gasteiger partial charge in [0, 0.05) is 5.92 Å². The standard InChI is InChI=1S/C9H14O2/c1-3-9-5-4-7(8(9)10)6(2)11-9/h4-8,10H,3H2,1-2H3/t6-,7+,8+,9+/m0/s1. The lowest BCUT2D eigenvalue weighted by atomic mass is 9.95. The zero-order chi connectivity index (χ0) is 8.06. The molecule has 1 aliphatic heterocycles. The van der Waals surface area contributed by atoms with Crippen molar-refractivity contribution in [1.29, 1.82) is 0 Å². The van der Waals surface area contributed by atoms with Gasteiger partial charge in [-0.05, 0) is 13.3 Å². The van der Waals surface area contributed by atoms with E-state index in [1.54, 1.807) is 0 Å². The smallest absolute Gasteiger partial charge is 0.113 e. The van der Waals surface area contributed by atoms with Gasteiger partial charge in [0.1, 0.15) is 5.60 Å². The summed E-state index contributed by atoms with van der Waals surface area (Å²) >= 11 is 0. The van der Waals surface area contributed by atoms with Crippen molar-refractivity contribution in [2.24, 2.45) is 5.92 Å². The zero-order valence-electron chi connectivity index (χ0n) is 6.95. The summed E-state index contributed by atoms with van der Waals surface area (Å²) in [4.78, 5) is 0. The molecule has 0 amide bonds. The summed E-state index contributed by atoms with van der Waals surface area (Å²) in [5.41, 5.74) is -0.343. The Bertz CT molecular complexity index is 200. The average molecular weight is 154 g/mol. The number of aliphatic hydroxyl groups excluding tert-OH is 1. The Morgan fingerprint density at radius 1 is 1.64 bits per heavy atom. The summed E-state index contributed by atoms with van der Waals surface area (Å²) in [7, 11) is 0. The maximum atomic E-state index is 9.76. The van der Waals surface area contributed by atoms with Gasteiger partial charge in [0.25, 0.3) is 0 Å². The molecule has 0 unspecified atom stereocenters. The highest BCUT2D eigenvalue weighted by Gasteiger charge is 2.53. The van der Waals surface area contributed by atoms with Gasteiger partial charge in [0.15, 0.2) is 0 Å². The molecule has 0 radical (unpaired) electrons. The summed E-state index contributed by atoms with van der Waals surface area (Å²) in [5, 5.41) is 9.76. The van der Waals surface area contributed by atoms with Crippen LogP contribution in [0.3, 0.4) is 0 Å². The molecule has 62 valence electrons. The molecular weight excluding hydrogens is 140 g/mol. The highest BCUT2D eigenvalue weighted by Crippen LogP contribution is 2.44. The van der Waals surface area contributed by atoms with Crippen LogP contribution in [0.25, 0.3) is 0 Å². The van der Waals surface area contributed by atoms with Crippen molar-refractivity contribution in [3.63, 3.8) is 0 Å². The second kappa shape index (κ2) is 2.08. The van der Waals surface area contributed by atoms with Crippen LogP contribution in [0.2, 0.25) is 0 Å². The van der Waals surface area contributed by atoms with Gasteiger partial charge in [-0.15, -0.1) is 0 Å². The normalized spacial score (nSPS) is 53.9. The van der Waals surface area contributed by atoms with E-state index in [0.717, 1.165) is 6.42 Å². The molecule has 1 N–H and O–H groups in total. The first-order valence-electron chi connectivity index (χ1n) is 4.25. The van der Waals surface area contributed by atoms with Crippen LogP contribution in [0.4, 0.5) is 0 Å². The lowest BCUT2D eigenvalue weighted by Crippen LogP contribution is -2.35. The monoisotopic (exact) mass is 154 g/mol. The molecule has 2 bridgehead atoms. The molecule has 0 spiro atoms. The van der Waals surface area contributed by atoms with Gasteiger partial charge in [-0.25, -0.2) is 0 Å². The van der Waals surface area contributed by atoms with Crippen molar-refractivity contribution in [2.45, 2.75) is 38.1 Å². The Labute approximate surface area is 66.9 Å². The molecule has 0 aromatic rings. The predicted octanol–water partition coefficient (Wildman–Crippen LogP) is 1.10. The Morgan fingerprint density at radius 3 is 2.64 bits per heavy atom. The largest absolute Gasteiger partial charge is 0.389 e. The quantitative estimate of drug-likeness (QED) is 0.573. The highest BCUT2D eigenvalue weighted by molar-refractivity contribution is 5.23. The van der Waals surface area contributed by atoms with Crippen molar-refractivity contribution >= 4 is 0 Å². The fourth-order valence-corrected chi connectivity index (χ4v) is 2.16. The molecule has 1 heterocycles. The Kier molecular flexibility index (Phi) is 1.38. The van der Waals surface area contributed by atoms with E-state index in [0.29, 0.717) is 0 Å². The highest BCUT2D eigenvalue weighted by atomic mass is 16.5. The Balaban J connectivity index is 2.31. The maximum Gasteiger partial charge on any atom is 0.113 e. The van der Waals surface area contributed by atoms with Crippen LogP contribution in [0, 0.1) is 5.92 Å². The van der Waals surface area contributed by atoms with Gasteiger partial charge in [-0.3, -0.25) is 0 Å². The van der Waals surface area contributed by atoms with Crippen LogP contribution in [0.15, 0.2) is 12.2 Å². The van der Waals surface area contributed by atoms with E-state index in [2.05, 4.69) is 6.08 Å². The van der Waals surface area contributed by atoms with Gasteiger partial charge >= 0.3 is 0 Å². The minimum absolute atomic E-state index is 0.190. The third-order valence-corrected chi connectivity index (χ3v) is 2.97. The average Bonchev–Trinajstić information content (AvgIpc) is 2.42. The maximum absolute atomic E-state index is 9.76. The lowest BCUT2D eigenvalue weighted by molar-refractivity contribution is -0.0451. The summed E-state index contributed by atoms with van der Waals surface area (Å²) in [6.07, 6.45) is 4.85. The fourth-order valence-electron chi connectivity index (χ4n) is 2.16. The van der Waals surface area contributed by atoms with Gasteiger partial charge in [-0.1, -0.05) is 19.1 Å². The Morgan fingerprint density at radius 2 is 2.36 bits per heavy atom. The van der Waals surface area contributed by atoms with Crippen LogP contribution < -0.4 is 0 Å².